The number of rotatable bonds is 6. The lowest BCUT2D eigenvalue weighted by molar-refractivity contribution is -0.136. The molecule has 4 rings (SSSR count). The zero-order valence-corrected chi connectivity index (χ0v) is 20.7. The number of anilines is 1. The summed E-state index contributed by atoms with van der Waals surface area (Å²) in [5.74, 6) is 0.539. The van der Waals surface area contributed by atoms with Crippen LogP contribution in [0.15, 0.2) is 24.4 Å². The lowest BCUT2D eigenvalue weighted by atomic mass is 10.0. The number of hydrogen-bond acceptors (Lipinski definition) is 5. The largest absolute Gasteiger partial charge is 0.337 e. The first-order valence-corrected chi connectivity index (χ1v) is 12.1. The van der Waals surface area contributed by atoms with E-state index in [-0.39, 0.29) is 17.9 Å². The second-order valence-corrected chi connectivity index (χ2v) is 9.89. The van der Waals surface area contributed by atoms with Gasteiger partial charge >= 0.3 is 0 Å². The fourth-order valence-corrected chi connectivity index (χ4v) is 4.60. The van der Waals surface area contributed by atoms with Crippen LogP contribution in [0, 0.1) is 31.1 Å². The monoisotopic (exact) mass is 479 g/mol. The second-order valence-electron chi connectivity index (χ2n) is 9.48. The van der Waals surface area contributed by atoms with Crippen molar-refractivity contribution in [1.82, 2.24) is 14.8 Å². The lowest BCUT2D eigenvalue weighted by Crippen LogP contribution is -2.53. The summed E-state index contributed by atoms with van der Waals surface area (Å²) < 4.78 is 0. The summed E-state index contributed by atoms with van der Waals surface area (Å²) in [4.78, 5) is 33.9. The Balaban J connectivity index is 1.46. The van der Waals surface area contributed by atoms with Gasteiger partial charge in [-0.25, -0.2) is 0 Å². The van der Waals surface area contributed by atoms with Gasteiger partial charge in [0.2, 0.25) is 5.91 Å². The van der Waals surface area contributed by atoms with Crippen LogP contribution in [0.5, 0.6) is 0 Å². The number of hydrogen-bond donors (Lipinski definition) is 1. The number of amides is 2. The van der Waals surface area contributed by atoms with Gasteiger partial charge in [-0.3, -0.25) is 19.5 Å². The number of aromatic nitrogens is 1. The molecule has 0 bridgehead atoms. The minimum atomic E-state index is -0.324. The molecule has 0 radical (unpaired) electrons. The van der Waals surface area contributed by atoms with Crippen molar-refractivity contribution < 1.29 is 9.59 Å². The maximum absolute atomic E-state index is 12.8. The number of aryl methyl sites for hydroxylation is 1. The predicted molar refractivity (Wildman–Crippen MR) is 132 cm³/mol. The average Bonchev–Trinajstić information content (AvgIpc) is 3.62. The summed E-state index contributed by atoms with van der Waals surface area (Å²) in [7, 11) is 0. The van der Waals surface area contributed by atoms with Crippen molar-refractivity contribution in [2.75, 3.05) is 25.0 Å². The van der Waals surface area contributed by atoms with Crippen LogP contribution in [-0.4, -0.2) is 52.3 Å². The molecular formula is C26H30ClN5O2. The summed E-state index contributed by atoms with van der Waals surface area (Å²) in [6, 6.07) is 7.51. The first-order valence-electron chi connectivity index (χ1n) is 11.7. The van der Waals surface area contributed by atoms with E-state index in [1.807, 2.05) is 17.9 Å². The number of pyridine rings is 1. The van der Waals surface area contributed by atoms with Crippen LogP contribution in [0.1, 0.15) is 58.9 Å². The molecule has 8 heteroatoms. The average molecular weight is 480 g/mol. The Labute approximate surface area is 205 Å². The van der Waals surface area contributed by atoms with E-state index in [4.69, 9.17) is 11.6 Å². The van der Waals surface area contributed by atoms with E-state index in [1.54, 1.807) is 19.1 Å². The van der Waals surface area contributed by atoms with Gasteiger partial charge in [-0.1, -0.05) is 11.6 Å². The fourth-order valence-electron chi connectivity index (χ4n) is 4.43. The van der Waals surface area contributed by atoms with Crippen LogP contribution < -0.4 is 5.32 Å². The van der Waals surface area contributed by atoms with E-state index in [1.165, 1.54) is 19.0 Å². The molecular weight excluding hydrogens is 450 g/mol. The summed E-state index contributed by atoms with van der Waals surface area (Å²) >= 11 is 6.13. The SMILES string of the molecule is Cc1ncc(C(=O)Nc2cc(C#N)cc(CN3CCN(C(=O)CC4CC4)[C@@H](C)C3)c2C)cc1Cl. The van der Waals surface area contributed by atoms with Gasteiger partial charge in [-0.05, 0) is 68.9 Å². The van der Waals surface area contributed by atoms with Crippen LogP contribution in [0.3, 0.4) is 0 Å². The third-order valence-electron chi connectivity index (χ3n) is 6.77. The quantitative estimate of drug-likeness (QED) is 0.666. The molecule has 2 aromatic rings. The summed E-state index contributed by atoms with van der Waals surface area (Å²) in [6.07, 6.45) is 4.53. The van der Waals surface area contributed by atoms with Crippen LogP contribution in [0.25, 0.3) is 0 Å². The van der Waals surface area contributed by atoms with E-state index >= 15 is 0 Å². The number of nitrogens with one attached hydrogen (secondary N) is 1. The molecule has 0 unspecified atom stereocenters. The van der Waals surface area contributed by atoms with Crippen molar-refractivity contribution >= 4 is 29.1 Å². The number of nitriles is 1. The Hall–Kier alpha value is -2.95. The Bertz CT molecular complexity index is 1150. The molecule has 1 aliphatic carbocycles. The van der Waals surface area contributed by atoms with Crippen molar-refractivity contribution in [3.63, 3.8) is 0 Å². The molecule has 2 aliphatic rings. The molecule has 0 spiro atoms. The number of carbonyl (C=O) groups is 2. The van der Waals surface area contributed by atoms with Gasteiger partial charge < -0.3 is 10.2 Å². The first-order chi connectivity index (χ1) is 16.2. The highest BCUT2D eigenvalue weighted by Crippen LogP contribution is 2.33. The molecule has 34 heavy (non-hydrogen) atoms. The van der Waals surface area contributed by atoms with E-state index in [0.29, 0.717) is 53.0 Å². The third-order valence-corrected chi connectivity index (χ3v) is 7.15. The van der Waals surface area contributed by atoms with Gasteiger partial charge in [-0.2, -0.15) is 5.26 Å². The normalized spacial score (nSPS) is 18.4. The predicted octanol–water partition coefficient (Wildman–Crippen LogP) is 4.31. The van der Waals surface area contributed by atoms with Crippen molar-refractivity contribution in [3.8, 4) is 6.07 Å². The molecule has 7 nitrogen and oxygen atoms in total. The number of carbonyl (C=O) groups excluding carboxylic acids is 2. The highest BCUT2D eigenvalue weighted by atomic mass is 35.5. The Kier molecular flexibility index (Phi) is 7.20. The van der Waals surface area contributed by atoms with E-state index in [2.05, 4.69) is 28.2 Å². The highest BCUT2D eigenvalue weighted by molar-refractivity contribution is 6.31. The van der Waals surface area contributed by atoms with Crippen molar-refractivity contribution in [2.45, 2.75) is 52.6 Å². The zero-order valence-electron chi connectivity index (χ0n) is 19.9. The molecule has 1 aromatic carbocycles. The number of benzene rings is 1. The Morgan fingerprint density at radius 3 is 2.65 bits per heavy atom. The molecule has 1 atom stereocenters. The van der Waals surface area contributed by atoms with Gasteiger partial charge in [-0.15, -0.1) is 0 Å². The Morgan fingerprint density at radius 1 is 1.24 bits per heavy atom. The first kappa shape index (κ1) is 24.2. The highest BCUT2D eigenvalue weighted by Gasteiger charge is 2.32. The maximum atomic E-state index is 12.8. The van der Waals surface area contributed by atoms with Crippen molar-refractivity contribution in [2.24, 2.45) is 5.92 Å². The number of piperazine rings is 1. The molecule has 1 saturated heterocycles. The third kappa shape index (κ3) is 5.57. The fraction of sp³-hybridized carbons (Fsp3) is 0.462. The molecule has 1 aliphatic heterocycles. The van der Waals surface area contributed by atoms with Crippen molar-refractivity contribution in [3.05, 3.63) is 57.4 Å². The van der Waals surface area contributed by atoms with Gasteiger partial charge in [0.05, 0.1) is 27.9 Å². The van der Waals surface area contributed by atoms with E-state index in [0.717, 1.165) is 24.2 Å². The van der Waals surface area contributed by atoms with Gasteiger partial charge in [0.25, 0.3) is 5.91 Å². The van der Waals surface area contributed by atoms with Crippen LogP contribution in [0.2, 0.25) is 5.02 Å². The molecule has 178 valence electrons. The lowest BCUT2D eigenvalue weighted by Gasteiger charge is -2.40. The summed E-state index contributed by atoms with van der Waals surface area (Å²) in [5, 5.41) is 12.9. The molecule has 2 amide bonds. The second kappa shape index (κ2) is 10.1. The molecule has 1 aromatic heterocycles. The van der Waals surface area contributed by atoms with E-state index in [9.17, 15) is 14.9 Å². The number of halogens is 1. The standard InChI is InChI=1S/C26H30ClN5O2/c1-16-14-31(6-7-32(16)25(33)10-19-4-5-19)15-22-8-20(12-28)9-24(17(22)2)30-26(34)21-11-23(27)18(3)29-13-21/h8-9,11,13,16,19H,4-7,10,14-15H2,1-3H3,(H,30,34)/t16-/m0/s1. The molecule has 1 N–H and O–H groups in total. The van der Waals surface area contributed by atoms with Crippen LogP contribution >= 0.6 is 11.6 Å². The van der Waals surface area contributed by atoms with Gasteiger partial charge in [0, 0.05) is 50.5 Å². The minimum absolute atomic E-state index is 0.150. The topological polar surface area (TPSA) is 89.3 Å². The molecule has 1 saturated carbocycles. The molecule has 2 fully saturated rings. The van der Waals surface area contributed by atoms with Crippen LogP contribution in [0.4, 0.5) is 5.69 Å². The zero-order chi connectivity index (χ0) is 24.4. The van der Waals surface area contributed by atoms with Crippen LogP contribution in [-0.2, 0) is 11.3 Å². The van der Waals surface area contributed by atoms with E-state index < -0.39 is 0 Å². The van der Waals surface area contributed by atoms with Gasteiger partial charge in [0.1, 0.15) is 0 Å². The molecule has 2 heterocycles. The summed E-state index contributed by atoms with van der Waals surface area (Å²) in [6.45, 7) is 8.76. The minimum Gasteiger partial charge on any atom is -0.337 e. The summed E-state index contributed by atoms with van der Waals surface area (Å²) in [5.41, 5.74) is 4.01. The maximum Gasteiger partial charge on any atom is 0.257 e. The smallest absolute Gasteiger partial charge is 0.257 e. The van der Waals surface area contributed by atoms with Gasteiger partial charge in [0.15, 0.2) is 0 Å². The Morgan fingerprint density at radius 2 is 2.00 bits per heavy atom. The number of nitrogens with zero attached hydrogens (tertiary/aromatic N) is 4. The van der Waals surface area contributed by atoms with Crippen molar-refractivity contribution in [1.29, 1.82) is 5.26 Å².